The minimum atomic E-state index is 0.142. The van der Waals surface area contributed by atoms with E-state index >= 15 is 0 Å². The van der Waals surface area contributed by atoms with E-state index in [4.69, 9.17) is 0 Å². The Kier molecular flexibility index (Phi) is 4.26. The third kappa shape index (κ3) is 3.04. The first-order valence-corrected chi connectivity index (χ1v) is 9.44. The highest BCUT2D eigenvalue weighted by Crippen LogP contribution is 2.37. The van der Waals surface area contributed by atoms with Crippen LogP contribution < -0.4 is 0 Å². The second kappa shape index (κ2) is 6.54. The lowest BCUT2D eigenvalue weighted by molar-refractivity contribution is 0.0581. The van der Waals surface area contributed by atoms with Gasteiger partial charge in [-0.1, -0.05) is 37.6 Å². The average molecular weight is 322 g/mol. The quantitative estimate of drug-likeness (QED) is 0.809. The van der Waals surface area contributed by atoms with Crippen LogP contribution >= 0.6 is 0 Å². The van der Waals surface area contributed by atoms with Crippen LogP contribution in [0.2, 0.25) is 0 Å². The van der Waals surface area contributed by atoms with Gasteiger partial charge in [-0.3, -0.25) is 4.79 Å². The molecule has 3 nitrogen and oxygen atoms in total. The van der Waals surface area contributed by atoms with Gasteiger partial charge in [-0.2, -0.15) is 0 Å². The minimum absolute atomic E-state index is 0.142. The van der Waals surface area contributed by atoms with E-state index in [0.717, 1.165) is 42.5 Å². The molecule has 2 fully saturated rings. The second-order valence-electron chi connectivity index (χ2n) is 7.42. The number of hydrogen-bond acceptors (Lipinski definition) is 2. The predicted octanol–water partition coefficient (Wildman–Crippen LogP) is 4.81. The molecule has 0 unspecified atom stereocenters. The topological polar surface area (TPSA) is 33.2 Å². The number of carbonyl (C=O) groups excluding carboxylic acids is 1. The molecule has 2 aliphatic carbocycles. The van der Waals surface area contributed by atoms with Crippen molar-refractivity contribution in [3.8, 4) is 0 Å². The summed E-state index contributed by atoms with van der Waals surface area (Å²) in [6.07, 6.45) is 8.45. The van der Waals surface area contributed by atoms with Crippen molar-refractivity contribution in [2.75, 3.05) is 0 Å². The van der Waals surface area contributed by atoms with Crippen LogP contribution in [0.4, 0.5) is 0 Å². The highest BCUT2D eigenvalue weighted by atomic mass is 16.2. The molecule has 1 heterocycles. The van der Waals surface area contributed by atoms with E-state index in [2.05, 4.69) is 16.8 Å². The highest BCUT2D eigenvalue weighted by molar-refractivity contribution is 5.95. The molecular formula is C21H26N2O. The molecule has 126 valence electrons. The third-order valence-electron chi connectivity index (χ3n) is 5.78. The summed E-state index contributed by atoms with van der Waals surface area (Å²) < 4.78 is 0. The molecular weight excluding hydrogens is 296 g/mol. The molecule has 2 aromatic rings. The van der Waals surface area contributed by atoms with Crippen LogP contribution in [0, 0.1) is 5.92 Å². The zero-order chi connectivity index (χ0) is 16.5. The van der Waals surface area contributed by atoms with Crippen molar-refractivity contribution < 1.29 is 4.79 Å². The van der Waals surface area contributed by atoms with Gasteiger partial charge in [0.25, 0.3) is 5.91 Å². The second-order valence-corrected chi connectivity index (χ2v) is 7.42. The molecule has 24 heavy (non-hydrogen) atoms. The molecule has 1 amide bonds. The number of nitrogens with zero attached hydrogens (tertiary/aromatic N) is 2. The van der Waals surface area contributed by atoms with Crippen molar-refractivity contribution in [1.82, 2.24) is 9.88 Å². The molecule has 3 heteroatoms. The van der Waals surface area contributed by atoms with Gasteiger partial charge in [0.05, 0.1) is 5.52 Å². The van der Waals surface area contributed by atoms with Gasteiger partial charge in [0.1, 0.15) is 5.69 Å². The van der Waals surface area contributed by atoms with Crippen molar-refractivity contribution in [2.45, 2.75) is 64.0 Å². The molecule has 1 aromatic heterocycles. The number of hydrogen-bond donors (Lipinski definition) is 0. The molecule has 0 radical (unpaired) electrons. The number of carbonyl (C=O) groups is 1. The molecule has 0 N–H and O–H groups in total. The SMILES string of the molecule is CCC1CCC(N(C(=O)c2ccc3ccccc3n2)C2CC2)CC1. The molecule has 0 spiro atoms. The summed E-state index contributed by atoms with van der Waals surface area (Å²) in [7, 11) is 0. The molecule has 0 bridgehead atoms. The van der Waals surface area contributed by atoms with Gasteiger partial charge in [0, 0.05) is 17.5 Å². The van der Waals surface area contributed by atoms with Crippen LogP contribution in [0.3, 0.4) is 0 Å². The van der Waals surface area contributed by atoms with E-state index in [1.807, 2.05) is 36.4 Å². The number of aromatic nitrogens is 1. The fraction of sp³-hybridized carbons (Fsp3) is 0.524. The summed E-state index contributed by atoms with van der Waals surface area (Å²) in [4.78, 5) is 20.0. The number of para-hydroxylation sites is 1. The fourth-order valence-corrected chi connectivity index (χ4v) is 4.13. The Hall–Kier alpha value is -1.90. The van der Waals surface area contributed by atoms with Crippen molar-refractivity contribution >= 4 is 16.8 Å². The van der Waals surface area contributed by atoms with Crippen LogP contribution in [0.25, 0.3) is 10.9 Å². The maximum atomic E-state index is 13.2. The molecule has 4 rings (SSSR count). The van der Waals surface area contributed by atoms with Crippen LogP contribution in [0.1, 0.15) is 62.4 Å². The summed E-state index contributed by atoms with van der Waals surface area (Å²) in [5, 5.41) is 1.09. The summed E-state index contributed by atoms with van der Waals surface area (Å²) >= 11 is 0. The van der Waals surface area contributed by atoms with Crippen LogP contribution in [-0.2, 0) is 0 Å². The van der Waals surface area contributed by atoms with E-state index < -0.39 is 0 Å². The number of amides is 1. The van der Waals surface area contributed by atoms with E-state index in [1.54, 1.807) is 0 Å². The largest absolute Gasteiger partial charge is 0.331 e. The van der Waals surface area contributed by atoms with E-state index in [1.165, 1.54) is 19.3 Å². The highest BCUT2D eigenvalue weighted by Gasteiger charge is 2.39. The van der Waals surface area contributed by atoms with Crippen LogP contribution in [-0.4, -0.2) is 27.9 Å². The normalized spacial score (nSPS) is 24.0. The standard InChI is InChI=1S/C21H26N2O/c1-2-15-7-10-17(11-8-15)23(18-12-13-18)21(24)20-14-9-16-5-3-4-6-19(16)22-20/h3-6,9,14-15,17-18H,2,7-8,10-13H2,1H3. The molecule has 2 aliphatic rings. The third-order valence-corrected chi connectivity index (χ3v) is 5.78. The predicted molar refractivity (Wildman–Crippen MR) is 97.0 cm³/mol. The van der Waals surface area contributed by atoms with Crippen LogP contribution in [0.5, 0.6) is 0 Å². The summed E-state index contributed by atoms with van der Waals surface area (Å²) in [5.41, 5.74) is 1.52. The lowest BCUT2D eigenvalue weighted by Crippen LogP contribution is -2.44. The van der Waals surface area contributed by atoms with E-state index in [0.29, 0.717) is 17.8 Å². The van der Waals surface area contributed by atoms with Gasteiger partial charge in [0.2, 0.25) is 0 Å². The Morgan fingerprint density at radius 3 is 2.33 bits per heavy atom. The zero-order valence-corrected chi connectivity index (χ0v) is 14.4. The van der Waals surface area contributed by atoms with Gasteiger partial charge < -0.3 is 4.90 Å². The molecule has 2 saturated carbocycles. The van der Waals surface area contributed by atoms with Crippen molar-refractivity contribution in [3.63, 3.8) is 0 Å². The maximum Gasteiger partial charge on any atom is 0.272 e. The summed E-state index contributed by atoms with van der Waals surface area (Å²) in [6.45, 7) is 2.29. The number of fused-ring (bicyclic) bond motifs is 1. The Labute approximate surface area is 144 Å². The van der Waals surface area contributed by atoms with Crippen molar-refractivity contribution in [3.05, 3.63) is 42.1 Å². The van der Waals surface area contributed by atoms with Crippen molar-refractivity contribution in [1.29, 1.82) is 0 Å². The number of benzene rings is 1. The van der Waals surface area contributed by atoms with Gasteiger partial charge in [-0.05, 0) is 56.6 Å². The lowest BCUT2D eigenvalue weighted by Gasteiger charge is -2.37. The Balaban J connectivity index is 1.57. The number of pyridine rings is 1. The first kappa shape index (κ1) is 15.6. The first-order chi connectivity index (χ1) is 11.8. The van der Waals surface area contributed by atoms with E-state index in [-0.39, 0.29) is 5.91 Å². The summed E-state index contributed by atoms with van der Waals surface area (Å²) in [5.74, 6) is 0.999. The van der Waals surface area contributed by atoms with Gasteiger partial charge in [-0.15, -0.1) is 0 Å². The minimum Gasteiger partial charge on any atom is -0.331 e. The monoisotopic (exact) mass is 322 g/mol. The Bertz CT molecular complexity index is 729. The van der Waals surface area contributed by atoms with E-state index in [9.17, 15) is 4.79 Å². The zero-order valence-electron chi connectivity index (χ0n) is 14.4. The maximum absolute atomic E-state index is 13.2. The first-order valence-electron chi connectivity index (χ1n) is 9.44. The molecule has 0 aliphatic heterocycles. The Morgan fingerprint density at radius 1 is 1.00 bits per heavy atom. The number of rotatable bonds is 4. The average Bonchev–Trinajstić information content (AvgIpc) is 3.47. The van der Waals surface area contributed by atoms with Crippen molar-refractivity contribution in [2.24, 2.45) is 5.92 Å². The smallest absolute Gasteiger partial charge is 0.272 e. The molecule has 0 saturated heterocycles. The molecule has 0 atom stereocenters. The molecule has 1 aromatic carbocycles. The van der Waals surface area contributed by atoms with Crippen LogP contribution in [0.15, 0.2) is 36.4 Å². The van der Waals surface area contributed by atoms with Gasteiger partial charge in [0.15, 0.2) is 0 Å². The lowest BCUT2D eigenvalue weighted by atomic mass is 9.83. The van der Waals surface area contributed by atoms with Gasteiger partial charge in [-0.25, -0.2) is 4.98 Å². The Morgan fingerprint density at radius 2 is 1.67 bits per heavy atom. The summed E-state index contributed by atoms with van der Waals surface area (Å²) in [6, 6.07) is 12.8. The fourth-order valence-electron chi connectivity index (χ4n) is 4.13. The van der Waals surface area contributed by atoms with Gasteiger partial charge >= 0.3 is 0 Å².